The van der Waals surface area contributed by atoms with Gasteiger partial charge in [-0.3, -0.25) is 0 Å². The van der Waals surface area contributed by atoms with Gasteiger partial charge in [0.2, 0.25) is 0 Å². The molecule has 0 amide bonds. The van der Waals surface area contributed by atoms with Gasteiger partial charge in [0, 0.05) is 11.1 Å². The van der Waals surface area contributed by atoms with Crippen molar-refractivity contribution in [1.29, 1.82) is 0 Å². The van der Waals surface area contributed by atoms with E-state index in [0.717, 1.165) is 10.7 Å². The van der Waals surface area contributed by atoms with Crippen LogP contribution in [0.2, 0.25) is 10.0 Å². The second-order valence-corrected chi connectivity index (χ2v) is 7.09. The monoisotopic (exact) mass is 297 g/mol. The van der Waals surface area contributed by atoms with Crippen LogP contribution in [0.4, 0.5) is 5.69 Å². The van der Waals surface area contributed by atoms with Gasteiger partial charge in [0.15, 0.2) is 0 Å². The molecule has 3 rings (SSSR count). The lowest BCUT2D eigenvalue weighted by atomic mass is 9.71. The van der Waals surface area contributed by atoms with Crippen LogP contribution in [0.25, 0.3) is 0 Å². The number of benzene rings is 1. The molecule has 2 fully saturated rings. The molecule has 0 radical (unpaired) electrons. The minimum atomic E-state index is 0.574. The van der Waals surface area contributed by atoms with Crippen LogP contribution in [0.5, 0.6) is 0 Å². The molecule has 0 atom stereocenters. The molecule has 0 aromatic heterocycles. The van der Waals surface area contributed by atoms with Crippen LogP contribution < -0.4 is 5.32 Å². The third-order valence-electron chi connectivity index (χ3n) is 5.00. The fourth-order valence-corrected chi connectivity index (χ4v) is 4.29. The van der Waals surface area contributed by atoms with E-state index < -0.39 is 0 Å². The number of anilines is 1. The first-order valence-electron chi connectivity index (χ1n) is 7.39. The van der Waals surface area contributed by atoms with Gasteiger partial charge in [-0.25, -0.2) is 0 Å². The zero-order chi connectivity index (χ0) is 13.3. The molecule has 0 heterocycles. The Morgan fingerprint density at radius 2 is 1.68 bits per heavy atom. The first-order valence-corrected chi connectivity index (χ1v) is 8.14. The summed E-state index contributed by atoms with van der Waals surface area (Å²) in [5.41, 5.74) is 1.72. The molecule has 2 aliphatic rings. The molecule has 1 nitrogen and oxygen atoms in total. The fraction of sp³-hybridized carbons (Fsp3) is 0.625. The summed E-state index contributed by atoms with van der Waals surface area (Å²) in [5, 5.41) is 5.02. The maximum atomic E-state index is 6.22. The van der Waals surface area contributed by atoms with Gasteiger partial charge in [0.1, 0.15) is 0 Å². The van der Waals surface area contributed by atoms with Gasteiger partial charge in [0.05, 0.1) is 10.7 Å². The van der Waals surface area contributed by atoms with E-state index >= 15 is 0 Å². The molecule has 1 aromatic carbocycles. The maximum Gasteiger partial charge on any atom is 0.0652 e. The van der Waals surface area contributed by atoms with Crippen LogP contribution in [-0.2, 0) is 0 Å². The van der Waals surface area contributed by atoms with Crippen LogP contribution in [0.15, 0.2) is 18.2 Å². The number of halogens is 2. The molecule has 1 spiro atoms. The van der Waals surface area contributed by atoms with E-state index in [4.69, 9.17) is 23.2 Å². The van der Waals surface area contributed by atoms with Crippen molar-refractivity contribution in [2.45, 2.75) is 57.4 Å². The maximum absolute atomic E-state index is 6.22. The van der Waals surface area contributed by atoms with Crippen LogP contribution in [0.1, 0.15) is 51.4 Å². The van der Waals surface area contributed by atoms with E-state index in [2.05, 4.69) is 5.32 Å². The number of nitrogens with one attached hydrogen (secondary N) is 1. The largest absolute Gasteiger partial charge is 0.381 e. The Balaban J connectivity index is 1.60. The molecule has 0 unspecified atom stereocenters. The summed E-state index contributed by atoms with van der Waals surface area (Å²) in [7, 11) is 0. The molecule has 3 heteroatoms. The van der Waals surface area contributed by atoms with Gasteiger partial charge in [-0.1, -0.05) is 36.0 Å². The highest BCUT2D eigenvalue weighted by Gasteiger charge is 2.37. The molecule has 104 valence electrons. The predicted octanol–water partition coefficient (Wildman–Crippen LogP) is 5.91. The van der Waals surface area contributed by atoms with E-state index in [1.807, 2.05) is 18.2 Å². The molecular formula is C16H21Cl2N. The average molecular weight is 298 g/mol. The lowest BCUT2D eigenvalue weighted by molar-refractivity contribution is 0.188. The second-order valence-electron chi connectivity index (χ2n) is 6.25. The zero-order valence-corrected chi connectivity index (χ0v) is 12.7. The van der Waals surface area contributed by atoms with E-state index in [0.29, 0.717) is 16.5 Å². The van der Waals surface area contributed by atoms with Crippen molar-refractivity contribution in [3.8, 4) is 0 Å². The Kier molecular flexibility index (Phi) is 3.96. The highest BCUT2D eigenvalue weighted by Crippen LogP contribution is 2.49. The summed E-state index contributed by atoms with van der Waals surface area (Å²) in [4.78, 5) is 0. The first kappa shape index (κ1) is 13.6. The van der Waals surface area contributed by atoms with Crippen LogP contribution in [0.3, 0.4) is 0 Å². The van der Waals surface area contributed by atoms with Crippen molar-refractivity contribution >= 4 is 28.9 Å². The normalized spacial score (nSPS) is 22.8. The first-order chi connectivity index (χ1) is 9.17. The van der Waals surface area contributed by atoms with Gasteiger partial charge in [-0.05, 0) is 62.1 Å². The van der Waals surface area contributed by atoms with Crippen LogP contribution in [0, 0.1) is 5.41 Å². The summed E-state index contributed by atoms with van der Waals surface area (Å²) < 4.78 is 0. The summed E-state index contributed by atoms with van der Waals surface area (Å²) in [6.45, 7) is 0. The molecular weight excluding hydrogens is 277 g/mol. The quantitative estimate of drug-likeness (QED) is 0.715. The summed E-state index contributed by atoms with van der Waals surface area (Å²) in [6.07, 6.45) is 11.1. The van der Waals surface area contributed by atoms with Gasteiger partial charge < -0.3 is 5.32 Å². The van der Waals surface area contributed by atoms with E-state index in [9.17, 15) is 0 Å². The molecule has 0 saturated heterocycles. The Hall–Kier alpha value is -0.400. The summed E-state index contributed by atoms with van der Waals surface area (Å²) >= 11 is 12.2. The average Bonchev–Trinajstić information content (AvgIpc) is 2.84. The number of hydrogen-bond acceptors (Lipinski definition) is 1. The van der Waals surface area contributed by atoms with Crippen molar-refractivity contribution in [1.82, 2.24) is 0 Å². The third kappa shape index (κ3) is 3.03. The molecule has 1 aromatic rings. The SMILES string of the molecule is Clc1ccc(NC2CCC3(CCCC3)CC2)c(Cl)c1. The fourth-order valence-electron chi connectivity index (χ4n) is 3.83. The number of hydrogen-bond donors (Lipinski definition) is 1. The molecule has 2 aliphatic carbocycles. The smallest absolute Gasteiger partial charge is 0.0652 e. The Bertz CT molecular complexity index is 442. The lowest BCUT2D eigenvalue weighted by Crippen LogP contribution is -2.31. The second kappa shape index (κ2) is 5.54. The lowest BCUT2D eigenvalue weighted by Gasteiger charge is -2.38. The summed E-state index contributed by atoms with van der Waals surface area (Å²) in [6, 6.07) is 6.28. The summed E-state index contributed by atoms with van der Waals surface area (Å²) in [5.74, 6) is 0. The topological polar surface area (TPSA) is 12.0 Å². The van der Waals surface area contributed by atoms with Crippen molar-refractivity contribution in [3.05, 3.63) is 28.2 Å². The van der Waals surface area contributed by atoms with E-state index in [-0.39, 0.29) is 0 Å². The predicted molar refractivity (Wildman–Crippen MR) is 83.2 cm³/mol. The minimum absolute atomic E-state index is 0.574. The highest BCUT2D eigenvalue weighted by atomic mass is 35.5. The molecule has 1 N–H and O–H groups in total. The zero-order valence-electron chi connectivity index (χ0n) is 11.2. The van der Waals surface area contributed by atoms with E-state index in [1.165, 1.54) is 51.4 Å². The highest BCUT2D eigenvalue weighted by molar-refractivity contribution is 6.36. The molecule has 0 aliphatic heterocycles. The molecule has 0 bridgehead atoms. The Labute approximate surface area is 125 Å². The van der Waals surface area contributed by atoms with Crippen molar-refractivity contribution in [3.63, 3.8) is 0 Å². The Morgan fingerprint density at radius 3 is 2.32 bits per heavy atom. The molecule has 2 saturated carbocycles. The van der Waals surface area contributed by atoms with Crippen molar-refractivity contribution in [2.75, 3.05) is 5.32 Å². The minimum Gasteiger partial charge on any atom is -0.381 e. The van der Waals surface area contributed by atoms with Gasteiger partial charge >= 0.3 is 0 Å². The van der Waals surface area contributed by atoms with Crippen LogP contribution >= 0.6 is 23.2 Å². The van der Waals surface area contributed by atoms with Crippen LogP contribution in [-0.4, -0.2) is 6.04 Å². The van der Waals surface area contributed by atoms with Gasteiger partial charge in [0.25, 0.3) is 0 Å². The third-order valence-corrected chi connectivity index (χ3v) is 5.55. The van der Waals surface area contributed by atoms with Gasteiger partial charge in [-0.15, -0.1) is 0 Å². The molecule has 19 heavy (non-hydrogen) atoms. The van der Waals surface area contributed by atoms with Crippen molar-refractivity contribution in [2.24, 2.45) is 5.41 Å². The Morgan fingerprint density at radius 1 is 1.00 bits per heavy atom. The van der Waals surface area contributed by atoms with Crippen molar-refractivity contribution < 1.29 is 0 Å². The van der Waals surface area contributed by atoms with E-state index in [1.54, 1.807) is 0 Å². The standard InChI is InChI=1S/C16H21Cl2N/c17-12-3-4-15(14(18)11-12)19-13-5-9-16(10-6-13)7-1-2-8-16/h3-4,11,13,19H,1-2,5-10H2. The number of rotatable bonds is 2. The van der Waals surface area contributed by atoms with Gasteiger partial charge in [-0.2, -0.15) is 0 Å².